The van der Waals surface area contributed by atoms with E-state index >= 15 is 0 Å². The van der Waals surface area contributed by atoms with Gasteiger partial charge in [0.15, 0.2) is 0 Å². The van der Waals surface area contributed by atoms with Crippen LogP contribution in [0.4, 0.5) is 0 Å². The van der Waals surface area contributed by atoms with Gasteiger partial charge < -0.3 is 10.2 Å². The molecule has 1 aliphatic rings. The lowest BCUT2D eigenvalue weighted by Gasteiger charge is -2.32. The number of benzene rings is 1. The van der Waals surface area contributed by atoms with Gasteiger partial charge in [0.2, 0.25) is 0 Å². The maximum Gasteiger partial charge on any atom is 0.255 e. The van der Waals surface area contributed by atoms with E-state index in [1.54, 1.807) is 12.1 Å². The molecule has 1 atom stereocenters. The minimum absolute atomic E-state index is 0.0743. The van der Waals surface area contributed by atoms with E-state index in [0.717, 1.165) is 23.2 Å². The molecule has 2 rings (SSSR count). The van der Waals surface area contributed by atoms with Crippen LogP contribution in [0.15, 0.2) is 18.2 Å². The minimum Gasteiger partial charge on any atom is -0.336 e. The Labute approximate surface area is 120 Å². The van der Waals surface area contributed by atoms with Gasteiger partial charge in [0.25, 0.3) is 5.91 Å². The third-order valence-corrected chi connectivity index (χ3v) is 3.99. The van der Waals surface area contributed by atoms with Gasteiger partial charge in [-0.3, -0.25) is 4.79 Å². The lowest BCUT2D eigenvalue weighted by atomic mass is 10.1. The summed E-state index contributed by atoms with van der Waals surface area (Å²) >= 11 is 8.11. The van der Waals surface area contributed by atoms with E-state index in [1.165, 1.54) is 0 Å². The summed E-state index contributed by atoms with van der Waals surface area (Å²) in [5, 5.41) is 3.93. The Hall–Kier alpha value is -0.330. The number of rotatable bonds is 1. The number of amides is 1. The summed E-state index contributed by atoms with van der Waals surface area (Å²) in [6.45, 7) is 4.44. The Morgan fingerprint density at radius 1 is 1.59 bits per heavy atom. The average Bonchev–Trinajstić information content (AvgIpc) is 2.31. The Morgan fingerprint density at radius 3 is 3.06 bits per heavy atom. The first kappa shape index (κ1) is 13.1. The second-order valence-electron chi connectivity index (χ2n) is 4.23. The molecular weight excluding hydrogens is 351 g/mol. The van der Waals surface area contributed by atoms with Gasteiger partial charge >= 0.3 is 0 Å². The number of carbonyl (C=O) groups excluding carboxylic acids is 1. The van der Waals surface area contributed by atoms with Crippen molar-refractivity contribution in [1.29, 1.82) is 0 Å². The molecule has 1 fully saturated rings. The van der Waals surface area contributed by atoms with E-state index in [0.29, 0.717) is 16.6 Å². The number of nitrogens with zero attached hydrogens (tertiary/aromatic N) is 1. The van der Waals surface area contributed by atoms with Crippen LogP contribution in [0.5, 0.6) is 0 Å². The standard InChI is InChI=1S/C12H14ClIN2O/c1-8-7-16(5-4-15-8)12(17)10-6-9(13)2-3-11(10)14/h2-3,6,8,15H,4-5,7H2,1H3/t8-/m0/s1. The summed E-state index contributed by atoms with van der Waals surface area (Å²) in [7, 11) is 0. The molecule has 1 aromatic rings. The van der Waals surface area contributed by atoms with Crippen molar-refractivity contribution in [3.8, 4) is 0 Å². The normalized spacial score (nSPS) is 20.4. The fourth-order valence-electron chi connectivity index (χ4n) is 1.95. The SMILES string of the molecule is C[C@H]1CN(C(=O)c2cc(Cl)ccc2I)CCN1. The molecule has 0 bridgehead atoms. The van der Waals surface area contributed by atoms with Crippen molar-refractivity contribution in [2.75, 3.05) is 19.6 Å². The molecule has 92 valence electrons. The molecule has 0 aliphatic carbocycles. The van der Waals surface area contributed by atoms with E-state index < -0.39 is 0 Å². The summed E-state index contributed by atoms with van der Waals surface area (Å²) in [6.07, 6.45) is 0. The van der Waals surface area contributed by atoms with Crippen molar-refractivity contribution < 1.29 is 4.79 Å². The Balaban J connectivity index is 2.21. The van der Waals surface area contributed by atoms with Crippen LogP contribution in [0.1, 0.15) is 17.3 Å². The summed E-state index contributed by atoms with van der Waals surface area (Å²) < 4.78 is 0.947. The van der Waals surface area contributed by atoms with Crippen molar-refractivity contribution in [1.82, 2.24) is 10.2 Å². The zero-order valence-electron chi connectivity index (χ0n) is 9.54. The van der Waals surface area contributed by atoms with Crippen LogP contribution in [0, 0.1) is 3.57 Å². The highest BCUT2D eigenvalue weighted by Gasteiger charge is 2.23. The molecule has 3 nitrogen and oxygen atoms in total. The maximum absolute atomic E-state index is 12.4. The van der Waals surface area contributed by atoms with Crippen molar-refractivity contribution in [3.63, 3.8) is 0 Å². The maximum atomic E-state index is 12.4. The van der Waals surface area contributed by atoms with Crippen molar-refractivity contribution >= 4 is 40.1 Å². The van der Waals surface area contributed by atoms with Crippen LogP contribution >= 0.6 is 34.2 Å². The highest BCUT2D eigenvalue weighted by molar-refractivity contribution is 14.1. The molecule has 0 unspecified atom stereocenters. The molecule has 17 heavy (non-hydrogen) atoms. The van der Waals surface area contributed by atoms with Crippen molar-refractivity contribution in [2.24, 2.45) is 0 Å². The summed E-state index contributed by atoms with van der Waals surface area (Å²) in [5.41, 5.74) is 0.701. The molecule has 0 aromatic heterocycles. The fraction of sp³-hybridized carbons (Fsp3) is 0.417. The topological polar surface area (TPSA) is 32.3 Å². The zero-order valence-corrected chi connectivity index (χ0v) is 12.5. The third-order valence-electron chi connectivity index (χ3n) is 2.81. The number of halogens is 2. The van der Waals surface area contributed by atoms with Gasteiger partial charge in [0.1, 0.15) is 0 Å². The zero-order chi connectivity index (χ0) is 12.4. The second-order valence-corrected chi connectivity index (χ2v) is 5.83. The Morgan fingerprint density at radius 2 is 2.35 bits per heavy atom. The molecule has 5 heteroatoms. The van der Waals surface area contributed by atoms with Crippen LogP contribution in [-0.2, 0) is 0 Å². The summed E-state index contributed by atoms with van der Waals surface area (Å²) in [6, 6.07) is 5.78. The molecule has 0 spiro atoms. The summed E-state index contributed by atoms with van der Waals surface area (Å²) in [4.78, 5) is 14.2. The van der Waals surface area contributed by atoms with E-state index in [-0.39, 0.29) is 5.91 Å². The molecule has 1 aliphatic heterocycles. The van der Waals surface area contributed by atoms with E-state index in [2.05, 4.69) is 34.8 Å². The largest absolute Gasteiger partial charge is 0.336 e. The minimum atomic E-state index is 0.0743. The predicted molar refractivity (Wildman–Crippen MR) is 77.5 cm³/mol. The smallest absolute Gasteiger partial charge is 0.255 e. The van der Waals surface area contributed by atoms with Gasteiger partial charge in [-0.25, -0.2) is 0 Å². The van der Waals surface area contributed by atoms with Gasteiger partial charge in [0.05, 0.1) is 5.56 Å². The van der Waals surface area contributed by atoms with Gasteiger partial charge in [-0.15, -0.1) is 0 Å². The average molecular weight is 365 g/mol. The van der Waals surface area contributed by atoms with Gasteiger partial charge in [-0.2, -0.15) is 0 Å². The molecule has 0 radical (unpaired) electrons. The first-order valence-corrected chi connectivity index (χ1v) is 7.01. The Kier molecular flexibility index (Phi) is 4.27. The predicted octanol–water partition coefficient (Wildman–Crippen LogP) is 2.38. The summed E-state index contributed by atoms with van der Waals surface area (Å²) in [5.74, 6) is 0.0743. The first-order chi connectivity index (χ1) is 8.08. The molecule has 1 amide bonds. The number of hydrogen-bond acceptors (Lipinski definition) is 2. The van der Waals surface area contributed by atoms with Gasteiger partial charge in [0, 0.05) is 34.3 Å². The van der Waals surface area contributed by atoms with Gasteiger partial charge in [-0.05, 0) is 47.7 Å². The second kappa shape index (κ2) is 5.54. The number of hydrogen-bond donors (Lipinski definition) is 1. The highest BCUT2D eigenvalue weighted by Crippen LogP contribution is 2.20. The monoisotopic (exact) mass is 364 g/mol. The number of piperazine rings is 1. The van der Waals surface area contributed by atoms with Crippen LogP contribution in [0.25, 0.3) is 0 Å². The number of carbonyl (C=O) groups is 1. The number of nitrogens with one attached hydrogen (secondary N) is 1. The third kappa shape index (κ3) is 3.11. The van der Waals surface area contributed by atoms with Crippen LogP contribution in [0.3, 0.4) is 0 Å². The first-order valence-electron chi connectivity index (χ1n) is 5.55. The molecule has 1 aromatic carbocycles. The van der Waals surface area contributed by atoms with Crippen molar-refractivity contribution in [2.45, 2.75) is 13.0 Å². The Bertz CT molecular complexity index is 439. The van der Waals surface area contributed by atoms with E-state index in [9.17, 15) is 4.79 Å². The molecular formula is C12H14ClIN2O. The molecule has 1 saturated heterocycles. The van der Waals surface area contributed by atoms with Crippen LogP contribution in [0.2, 0.25) is 5.02 Å². The molecule has 1 heterocycles. The van der Waals surface area contributed by atoms with Crippen LogP contribution < -0.4 is 5.32 Å². The van der Waals surface area contributed by atoms with Gasteiger partial charge in [-0.1, -0.05) is 11.6 Å². The highest BCUT2D eigenvalue weighted by atomic mass is 127. The van der Waals surface area contributed by atoms with E-state index in [4.69, 9.17) is 11.6 Å². The quantitative estimate of drug-likeness (QED) is 0.776. The lowest BCUT2D eigenvalue weighted by molar-refractivity contribution is 0.0708. The fourth-order valence-corrected chi connectivity index (χ4v) is 2.69. The van der Waals surface area contributed by atoms with Crippen molar-refractivity contribution in [3.05, 3.63) is 32.4 Å². The lowest BCUT2D eigenvalue weighted by Crippen LogP contribution is -2.51. The molecule has 0 saturated carbocycles. The van der Waals surface area contributed by atoms with Crippen LogP contribution in [-0.4, -0.2) is 36.5 Å². The van der Waals surface area contributed by atoms with E-state index in [1.807, 2.05) is 11.0 Å². The molecule has 1 N–H and O–H groups in total.